The Hall–Kier alpha value is -1.53. The number of hydrogen-bond acceptors (Lipinski definition) is 3. The number of aryl methyl sites for hydroxylation is 1. The Balaban J connectivity index is 0.00000420. The van der Waals surface area contributed by atoms with Crippen molar-refractivity contribution in [2.75, 3.05) is 27.2 Å². The van der Waals surface area contributed by atoms with E-state index in [0.29, 0.717) is 19.0 Å². The fourth-order valence-corrected chi connectivity index (χ4v) is 3.64. The average molecular weight is 530 g/mol. The molecule has 0 unspecified atom stereocenters. The van der Waals surface area contributed by atoms with Crippen molar-refractivity contribution in [3.63, 3.8) is 0 Å². The van der Waals surface area contributed by atoms with Crippen LogP contribution in [0.3, 0.4) is 0 Å². The lowest BCUT2D eigenvalue weighted by molar-refractivity contribution is -0.142. The maximum atomic E-state index is 13.1. The number of guanidine groups is 1. The van der Waals surface area contributed by atoms with Gasteiger partial charge in [-0.3, -0.25) is 9.48 Å². The second-order valence-electron chi connectivity index (χ2n) is 7.41. The Morgan fingerprint density at radius 3 is 2.45 bits per heavy atom. The summed E-state index contributed by atoms with van der Waals surface area (Å²) in [7, 11) is 4.92. The van der Waals surface area contributed by atoms with E-state index < -0.39 is 17.3 Å². The molecular weight excluding hydrogens is 500 g/mol. The molecule has 1 heterocycles. The summed E-state index contributed by atoms with van der Waals surface area (Å²) in [6.07, 6.45) is 0.349. The number of hydrogen-bond donors (Lipinski definition) is 2. The van der Waals surface area contributed by atoms with Gasteiger partial charge in [-0.05, 0) is 19.8 Å². The summed E-state index contributed by atoms with van der Waals surface area (Å²) in [5, 5.41) is 9.69. The summed E-state index contributed by atoms with van der Waals surface area (Å²) in [5.41, 5.74) is -1.41. The smallest absolute Gasteiger partial charge is 0.357 e. The van der Waals surface area contributed by atoms with Crippen molar-refractivity contribution in [1.29, 1.82) is 0 Å². The van der Waals surface area contributed by atoms with Gasteiger partial charge in [0.1, 0.15) is 0 Å². The molecule has 166 valence electrons. The second-order valence-corrected chi connectivity index (χ2v) is 7.41. The van der Waals surface area contributed by atoms with E-state index in [-0.39, 0.29) is 42.0 Å². The first kappa shape index (κ1) is 25.5. The van der Waals surface area contributed by atoms with Gasteiger partial charge in [-0.25, -0.2) is 4.99 Å². The summed E-state index contributed by atoms with van der Waals surface area (Å²) in [5.74, 6) is 0.456. The summed E-state index contributed by atoms with van der Waals surface area (Å²) >= 11 is 0. The quantitative estimate of drug-likeness (QED) is 0.337. The number of amides is 1. The molecule has 1 aromatic heterocycles. The molecule has 0 aromatic carbocycles. The van der Waals surface area contributed by atoms with Crippen molar-refractivity contribution in [3.05, 3.63) is 17.5 Å². The Bertz CT molecular complexity index is 711. The van der Waals surface area contributed by atoms with Crippen LogP contribution >= 0.6 is 24.0 Å². The molecule has 0 spiro atoms. The molecule has 11 heteroatoms. The monoisotopic (exact) mass is 530 g/mol. The molecule has 0 bridgehead atoms. The Kier molecular flexibility index (Phi) is 9.22. The van der Waals surface area contributed by atoms with Gasteiger partial charge in [-0.1, -0.05) is 12.8 Å². The normalized spacial score (nSPS) is 16.3. The Morgan fingerprint density at radius 1 is 1.31 bits per heavy atom. The largest absolute Gasteiger partial charge is 0.435 e. The Labute approximate surface area is 186 Å². The molecule has 1 amide bonds. The first-order chi connectivity index (χ1) is 13.1. The van der Waals surface area contributed by atoms with Gasteiger partial charge in [0.2, 0.25) is 5.91 Å². The van der Waals surface area contributed by atoms with Crippen LogP contribution in [0, 0.1) is 5.41 Å². The van der Waals surface area contributed by atoms with Gasteiger partial charge >= 0.3 is 6.18 Å². The van der Waals surface area contributed by atoms with Gasteiger partial charge in [0.15, 0.2) is 11.7 Å². The first-order valence-corrected chi connectivity index (χ1v) is 9.43. The van der Waals surface area contributed by atoms with Gasteiger partial charge in [0, 0.05) is 46.0 Å². The van der Waals surface area contributed by atoms with E-state index in [2.05, 4.69) is 20.7 Å². The highest BCUT2D eigenvalue weighted by molar-refractivity contribution is 14.0. The molecule has 0 aliphatic heterocycles. The van der Waals surface area contributed by atoms with Gasteiger partial charge in [0.05, 0.1) is 12.0 Å². The SMILES string of the molecule is CCNC(=NCc1cn(C)nc1C(F)(F)F)NCC1(C(=O)N(C)C)CCCC1.I. The van der Waals surface area contributed by atoms with E-state index in [9.17, 15) is 18.0 Å². The van der Waals surface area contributed by atoms with Crippen LogP contribution in [-0.4, -0.2) is 53.7 Å². The summed E-state index contributed by atoms with van der Waals surface area (Å²) < 4.78 is 40.4. The number of rotatable bonds is 6. The Morgan fingerprint density at radius 2 is 1.93 bits per heavy atom. The zero-order valence-electron chi connectivity index (χ0n) is 17.3. The number of nitrogens with zero attached hydrogens (tertiary/aromatic N) is 4. The van der Waals surface area contributed by atoms with Crippen molar-refractivity contribution in [2.45, 2.75) is 45.3 Å². The van der Waals surface area contributed by atoms with Crippen molar-refractivity contribution in [1.82, 2.24) is 25.3 Å². The van der Waals surface area contributed by atoms with E-state index in [1.165, 1.54) is 13.2 Å². The van der Waals surface area contributed by atoms with Crippen LogP contribution in [0.25, 0.3) is 0 Å². The van der Waals surface area contributed by atoms with Gasteiger partial charge in [0.25, 0.3) is 0 Å². The van der Waals surface area contributed by atoms with E-state index in [4.69, 9.17) is 0 Å². The molecule has 1 aromatic rings. The predicted octanol–water partition coefficient (Wildman–Crippen LogP) is 2.76. The lowest BCUT2D eigenvalue weighted by Crippen LogP contribution is -2.49. The molecule has 0 saturated heterocycles. The minimum atomic E-state index is -4.52. The van der Waals surface area contributed by atoms with Crippen molar-refractivity contribution < 1.29 is 18.0 Å². The third-order valence-corrected chi connectivity index (χ3v) is 4.94. The number of nitrogens with one attached hydrogen (secondary N) is 2. The number of halogens is 4. The van der Waals surface area contributed by atoms with Crippen LogP contribution in [0.5, 0.6) is 0 Å². The number of alkyl halides is 3. The highest BCUT2D eigenvalue weighted by Crippen LogP contribution is 2.39. The minimum Gasteiger partial charge on any atom is -0.357 e. The topological polar surface area (TPSA) is 74.5 Å². The molecule has 2 N–H and O–H groups in total. The van der Waals surface area contributed by atoms with Crippen LogP contribution < -0.4 is 10.6 Å². The van der Waals surface area contributed by atoms with Crippen molar-refractivity contribution >= 4 is 35.8 Å². The predicted molar refractivity (Wildman–Crippen MR) is 116 cm³/mol. The van der Waals surface area contributed by atoms with Crippen LogP contribution in [-0.2, 0) is 24.6 Å². The lowest BCUT2D eigenvalue weighted by Gasteiger charge is -2.31. The van der Waals surface area contributed by atoms with Gasteiger partial charge < -0.3 is 15.5 Å². The van der Waals surface area contributed by atoms with Crippen LogP contribution in [0.15, 0.2) is 11.2 Å². The summed E-state index contributed by atoms with van der Waals surface area (Å²) in [6, 6.07) is 0. The molecule has 1 aliphatic rings. The third-order valence-electron chi connectivity index (χ3n) is 4.94. The molecule has 1 fully saturated rings. The number of carbonyl (C=O) groups excluding carboxylic acids is 1. The van der Waals surface area contributed by atoms with E-state index >= 15 is 0 Å². The molecule has 2 rings (SSSR count). The van der Waals surface area contributed by atoms with Crippen LogP contribution in [0.4, 0.5) is 13.2 Å². The van der Waals surface area contributed by atoms with E-state index in [1.54, 1.807) is 19.0 Å². The summed E-state index contributed by atoms with van der Waals surface area (Å²) in [4.78, 5) is 18.5. The number of carbonyl (C=O) groups is 1. The maximum Gasteiger partial charge on any atom is 0.435 e. The standard InChI is InChI=1S/C18H29F3N6O.HI/c1-5-22-16(23-10-13-11-27(4)25-14(13)18(19,20)21)24-12-17(8-6-7-9-17)15(28)26(2)3;/h11H,5-10,12H2,1-4H3,(H2,22,23,24);1H. The van der Waals surface area contributed by atoms with Crippen LogP contribution in [0.1, 0.15) is 43.9 Å². The van der Waals surface area contributed by atoms with Gasteiger partial charge in [-0.2, -0.15) is 18.3 Å². The zero-order valence-corrected chi connectivity index (χ0v) is 19.6. The van der Waals surface area contributed by atoms with Crippen LogP contribution in [0.2, 0.25) is 0 Å². The van der Waals surface area contributed by atoms with E-state index in [0.717, 1.165) is 30.4 Å². The molecule has 1 saturated carbocycles. The van der Waals surface area contributed by atoms with E-state index in [1.807, 2.05) is 6.92 Å². The van der Waals surface area contributed by atoms with Crippen molar-refractivity contribution in [2.24, 2.45) is 17.5 Å². The van der Waals surface area contributed by atoms with Gasteiger partial charge in [-0.15, -0.1) is 24.0 Å². The second kappa shape index (κ2) is 10.5. The molecule has 29 heavy (non-hydrogen) atoms. The average Bonchev–Trinajstić information content (AvgIpc) is 3.23. The summed E-state index contributed by atoms with van der Waals surface area (Å²) in [6.45, 7) is 2.67. The molecular formula is C18H30F3IN6O. The molecule has 1 aliphatic carbocycles. The molecule has 0 atom stereocenters. The first-order valence-electron chi connectivity index (χ1n) is 9.43. The highest BCUT2D eigenvalue weighted by atomic mass is 127. The lowest BCUT2D eigenvalue weighted by atomic mass is 9.84. The highest BCUT2D eigenvalue weighted by Gasteiger charge is 2.42. The fourth-order valence-electron chi connectivity index (χ4n) is 3.64. The van der Waals surface area contributed by atoms with Crippen molar-refractivity contribution in [3.8, 4) is 0 Å². The zero-order chi connectivity index (χ0) is 20.9. The number of aliphatic imine (C=N–C) groups is 1. The maximum absolute atomic E-state index is 13.1. The molecule has 0 radical (unpaired) electrons. The fraction of sp³-hybridized carbons (Fsp3) is 0.722. The number of aromatic nitrogens is 2. The molecule has 7 nitrogen and oxygen atoms in total. The minimum absolute atomic E-state index is 0. The third kappa shape index (κ3) is 6.48.